The molecule has 0 unspecified atom stereocenters. The van der Waals surface area contributed by atoms with Crippen LogP contribution in [0.15, 0.2) is 12.4 Å². The molecular formula is C19H31N5O. The van der Waals surface area contributed by atoms with Crippen molar-refractivity contribution in [2.45, 2.75) is 51.9 Å². The van der Waals surface area contributed by atoms with Crippen LogP contribution in [0, 0.1) is 5.92 Å². The number of aromatic nitrogens is 2. The van der Waals surface area contributed by atoms with E-state index in [4.69, 9.17) is 0 Å². The molecule has 0 radical (unpaired) electrons. The number of likely N-dealkylation sites (tertiary alicyclic amines) is 1. The van der Waals surface area contributed by atoms with Crippen molar-refractivity contribution in [1.29, 1.82) is 0 Å². The van der Waals surface area contributed by atoms with Crippen molar-refractivity contribution in [3.63, 3.8) is 0 Å². The summed E-state index contributed by atoms with van der Waals surface area (Å²) in [6, 6.07) is 2.01. The molecule has 2 fully saturated rings. The largest absolute Gasteiger partial charge is 0.369 e. The van der Waals surface area contributed by atoms with E-state index in [-0.39, 0.29) is 5.91 Å². The first-order valence-corrected chi connectivity index (χ1v) is 9.81. The summed E-state index contributed by atoms with van der Waals surface area (Å²) in [5, 5.41) is 3.30. The maximum Gasteiger partial charge on any atom is 0.224 e. The summed E-state index contributed by atoms with van der Waals surface area (Å²) >= 11 is 0. The van der Waals surface area contributed by atoms with Gasteiger partial charge in [-0.25, -0.2) is 9.97 Å². The molecule has 6 heteroatoms. The van der Waals surface area contributed by atoms with E-state index in [1.807, 2.05) is 11.0 Å². The Bertz CT molecular complexity index is 557. The van der Waals surface area contributed by atoms with Crippen LogP contribution >= 0.6 is 0 Å². The van der Waals surface area contributed by atoms with Gasteiger partial charge < -0.3 is 15.1 Å². The number of nitrogens with zero attached hydrogens (tertiary/aromatic N) is 4. The molecule has 3 heterocycles. The third kappa shape index (κ3) is 5.31. The molecular weight excluding hydrogens is 314 g/mol. The lowest BCUT2D eigenvalue weighted by atomic mass is 10.0. The SMILES string of the molecule is C[C@@H]1CCCN(c2cc(NCCC(=O)N3CCCCCC3)ncn2)C1. The van der Waals surface area contributed by atoms with Gasteiger partial charge in [0.15, 0.2) is 0 Å². The standard InChI is InChI=1S/C19H31N5O/c1-16-7-6-12-24(14-16)18-13-17(21-15-22-18)20-9-8-19(25)23-10-4-2-3-5-11-23/h13,15-16H,2-12,14H2,1H3,(H,20,21,22)/t16-/m1/s1. The predicted molar refractivity (Wildman–Crippen MR) is 101 cm³/mol. The van der Waals surface area contributed by atoms with Crippen molar-refractivity contribution in [1.82, 2.24) is 14.9 Å². The fourth-order valence-electron chi connectivity index (χ4n) is 3.79. The lowest BCUT2D eigenvalue weighted by molar-refractivity contribution is -0.130. The van der Waals surface area contributed by atoms with E-state index in [0.29, 0.717) is 18.9 Å². The molecule has 2 saturated heterocycles. The van der Waals surface area contributed by atoms with Crippen LogP contribution in [0.2, 0.25) is 0 Å². The average Bonchev–Trinajstić information content (AvgIpc) is 2.91. The van der Waals surface area contributed by atoms with Gasteiger partial charge in [-0.05, 0) is 31.6 Å². The Morgan fingerprint density at radius 2 is 1.96 bits per heavy atom. The fraction of sp³-hybridized carbons (Fsp3) is 0.737. The summed E-state index contributed by atoms with van der Waals surface area (Å²) < 4.78 is 0. The van der Waals surface area contributed by atoms with Crippen molar-refractivity contribution in [2.75, 3.05) is 42.9 Å². The summed E-state index contributed by atoms with van der Waals surface area (Å²) in [4.78, 5) is 25.4. The molecule has 1 atom stereocenters. The van der Waals surface area contributed by atoms with Gasteiger partial charge >= 0.3 is 0 Å². The molecule has 25 heavy (non-hydrogen) atoms. The zero-order valence-electron chi connectivity index (χ0n) is 15.4. The third-order valence-electron chi connectivity index (χ3n) is 5.24. The highest BCUT2D eigenvalue weighted by atomic mass is 16.2. The van der Waals surface area contributed by atoms with Gasteiger partial charge in [-0.1, -0.05) is 19.8 Å². The molecule has 1 amide bonds. The van der Waals surface area contributed by atoms with Crippen LogP contribution in [0.25, 0.3) is 0 Å². The van der Waals surface area contributed by atoms with E-state index in [0.717, 1.165) is 50.7 Å². The Balaban J connectivity index is 1.48. The van der Waals surface area contributed by atoms with Gasteiger partial charge in [-0.15, -0.1) is 0 Å². The monoisotopic (exact) mass is 345 g/mol. The second kappa shape index (κ2) is 9.02. The Labute approximate surface area is 151 Å². The molecule has 3 rings (SSSR count). The summed E-state index contributed by atoms with van der Waals surface area (Å²) in [5.41, 5.74) is 0. The van der Waals surface area contributed by atoms with E-state index >= 15 is 0 Å². The van der Waals surface area contributed by atoms with Gasteiger partial charge in [0.25, 0.3) is 0 Å². The number of carbonyl (C=O) groups excluding carboxylic acids is 1. The minimum atomic E-state index is 0.258. The zero-order valence-corrected chi connectivity index (χ0v) is 15.4. The number of hydrogen-bond acceptors (Lipinski definition) is 5. The number of hydrogen-bond donors (Lipinski definition) is 1. The van der Waals surface area contributed by atoms with Crippen molar-refractivity contribution in [2.24, 2.45) is 5.92 Å². The quantitative estimate of drug-likeness (QED) is 0.889. The van der Waals surface area contributed by atoms with Gasteiger partial charge in [-0.3, -0.25) is 4.79 Å². The van der Waals surface area contributed by atoms with E-state index in [9.17, 15) is 4.79 Å². The van der Waals surface area contributed by atoms with Crippen molar-refractivity contribution in [3.8, 4) is 0 Å². The Morgan fingerprint density at radius 1 is 1.16 bits per heavy atom. The Hall–Kier alpha value is -1.85. The highest BCUT2D eigenvalue weighted by Gasteiger charge is 2.18. The molecule has 138 valence electrons. The van der Waals surface area contributed by atoms with Crippen LogP contribution in [0.4, 0.5) is 11.6 Å². The van der Waals surface area contributed by atoms with Gasteiger partial charge in [0.2, 0.25) is 5.91 Å². The van der Waals surface area contributed by atoms with E-state index in [1.54, 1.807) is 6.33 Å². The summed E-state index contributed by atoms with van der Waals surface area (Å²) in [5.74, 6) is 2.77. The smallest absolute Gasteiger partial charge is 0.224 e. The molecule has 1 N–H and O–H groups in total. The number of nitrogens with one attached hydrogen (secondary N) is 1. The summed E-state index contributed by atoms with van der Waals surface area (Å²) in [7, 11) is 0. The minimum Gasteiger partial charge on any atom is -0.369 e. The van der Waals surface area contributed by atoms with Crippen LogP contribution in [-0.2, 0) is 4.79 Å². The van der Waals surface area contributed by atoms with Crippen LogP contribution in [0.1, 0.15) is 51.9 Å². The van der Waals surface area contributed by atoms with Crippen LogP contribution in [0.3, 0.4) is 0 Å². The molecule has 0 spiro atoms. The average molecular weight is 345 g/mol. The molecule has 1 aromatic heterocycles. The molecule has 0 aliphatic carbocycles. The second-order valence-corrected chi connectivity index (χ2v) is 7.43. The fourth-order valence-corrected chi connectivity index (χ4v) is 3.79. The maximum atomic E-state index is 12.3. The lowest BCUT2D eigenvalue weighted by Crippen LogP contribution is -2.35. The van der Waals surface area contributed by atoms with Crippen LogP contribution in [0.5, 0.6) is 0 Å². The second-order valence-electron chi connectivity index (χ2n) is 7.43. The van der Waals surface area contributed by atoms with Crippen molar-refractivity contribution >= 4 is 17.5 Å². The number of amides is 1. The number of carbonyl (C=O) groups is 1. The van der Waals surface area contributed by atoms with Crippen LogP contribution in [-0.4, -0.2) is 53.5 Å². The molecule has 0 bridgehead atoms. The normalized spacial score (nSPS) is 21.7. The Morgan fingerprint density at radius 3 is 2.72 bits per heavy atom. The van der Waals surface area contributed by atoms with Gasteiger partial charge in [0.05, 0.1) is 0 Å². The van der Waals surface area contributed by atoms with E-state index in [1.165, 1.54) is 25.7 Å². The molecule has 0 saturated carbocycles. The third-order valence-corrected chi connectivity index (χ3v) is 5.24. The van der Waals surface area contributed by atoms with Crippen LogP contribution < -0.4 is 10.2 Å². The maximum absolute atomic E-state index is 12.3. The molecule has 0 aromatic carbocycles. The minimum absolute atomic E-state index is 0.258. The summed E-state index contributed by atoms with van der Waals surface area (Å²) in [6.45, 7) is 6.88. The first-order chi connectivity index (χ1) is 12.2. The zero-order chi connectivity index (χ0) is 17.5. The van der Waals surface area contributed by atoms with E-state index < -0.39 is 0 Å². The van der Waals surface area contributed by atoms with Crippen molar-refractivity contribution in [3.05, 3.63) is 12.4 Å². The summed E-state index contributed by atoms with van der Waals surface area (Å²) in [6.07, 6.45) is 9.45. The first kappa shape index (κ1) is 18.0. The number of rotatable bonds is 5. The number of piperidine rings is 1. The molecule has 1 aromatic rings. The van der Waals surface area contributed by atoms with E-state index in [2.05, 4.69) is 27.1 Å². The molecule has 2 aliphatic rings. The highest BCUT2D eigenvalue weighted by Crippen LogP contribution is 2.22. The van der Waals surface area contributed by atoms with Gasteiger partial charge in [0, 0.05) is 45.2 Å². The topological polar surface area (TPSA) is 61.4 Å². The lowest BCUT2D eigenvalue weighted by Gasteiger charge is -2.31. The van der Waals surface area contributed by atoms with Gasteiger partial charge in [-0.2, -0.15) is 0 Å². The van der Waals surface area contributed by atoms with Gasteiger partial charge in [0.1, 0.15) is 18.0 Å². The highest BCUT2D eigenvalue weighted by molar-refractivity contribution is 5.76. The Kier molecular flexibility index (Phi) is 6.48. The number of anilines is 2. The molecule has 2 aliphatic heterocycles. The first-order valence-electron chi connectivity index (χ1n) is 9.81. The predicted octanol–water partition coefficient (Wildman–Crippen LogP) is 2.92. The molecule has 6 nitrogen and oxygen atoms in total. The van der Waals surface area contributed by atoms with Crippen molar-refractivity contribution < 1.29 is 4.79 Å².